The molecule has 0 atom stereocenters. The van der Waals surface area contributed by atoms with Gasteiger partial charge in [0.15, 0.2) is 5.69 Å². The fourth-order valence-corrected chi connectivity index (χ4v) is 2.63. The molecule has 0 bridgehead atoms. The van der Waals surface area contributed by atoms with Crippen molar-refractivity contribution in [2.75, 3.05) is 0 Å². The van der Waals surface area contributed by atoms with E-state index in [1.165, 1.54) is 18.3 Å². The Balaban J connectivity index is 2.13. The molecule has 0 aliphatic carbocycles. The van der Waals surface area contributed by atoms with E-state index in [1.807, 2.05) is 22.9 Å². The second-order valence-electron chi connectivity index (χ2n) is 6.00. The molecule has 120 valence electrons. The molecular formula is C18H16N4O2. The third kappa shape index (κ3) is 2.84. The number of carboxylic acid groups (broad SMARTS) is 1. The summed E-state index contributed by atoms with van der Waals surface area (Å²) in [5, 5.41) is 23.6. The van der Waals surface area contributed by atoms with E-state index in [4.69, 9.17) is 5.11 Å². The van der Waals surface area contributed by atoms with Crippen molar-refractivity contribution in [3.05, 3.63) is 47.8 Å². The molecule has 0 radical (unpaired) electrons. The van der Waals surface area contributed by atoms with Crippen LogP contribution < -0.4 is 0 Å². The van der Waals surface area contributed by atoms with Crippen LogP contribution in [-0.2, 0) is 6.54 Å². The Kier molecular flexibility index (Phi) is 4.00. The standard InChI is InChI=1S/C18H16N4O2/c1-11(2)10-22-17-4-3-12(7-14(17)16(9-19)21-22)15-8-13(18(23)24)5-6-20-15/h3-8,11H,10H2,1-2H3,(H,23,24). The lowest BCUT2D eigenvalue weighted by atomic mass is 10.1. The van der Waals surface area contributed by atoms with Crippen molar-refractivity contribution >= 4 is 16.9 Å². The zero-order chi connectivity index (χ0) is 17.3. The molecule has 0 fully saturated rings. The van der Waals surface area contributed by atoms with Crippen LogP contribution >= 0.6 is 0 Å². The molecule has 1 aromatic carbocycles. The number of nitrogens with zero attached hydrogens (tertiary/aromatic N) is 4. The number of hydrogen-bond acceptors (Lipinski definition) is 4. The number of benzene rings is 1. The summed E-state index contributed by atoms with van der Waals surface area (Å²) in [5.74, 6) is -0.588. The summed E-state index contributed by atoms with van der Waals surface area (Å²) in [5.41, 5.74) is 2.74. The summed E-state index contributed by atoms with van der Waals surface area (Å²) in [7, 11) is 0. The Morgan fingerprint density at radius 1 is 1.33 bits per heavy atom. The molecule has 2 heterocycles. The smallest absolute Gasteiger partial charge is 0.335 e. The summed E-state index contributed by atoms with van der Waals surface area (Å²) in [4.78, 5) is 15.4. The molecule has 2 aromatic heterocycles. The van der Waals surface area contributed by atoms with Gasteiger partial charge in [-0.05, 0) is 30.2 Å². The first-order valence-electron chi connectivity index (χ1n) is 7.60. The van der Waals surface area contributed by atoms with E-state index in [0.29, 0.717) is 17.3 Å². The number of pyridine rings is 1. The second-order valence-corrected chi connectivity index (χ2v) is 6.00. The van der Waals surface area contributed by atoms with Gasteiger partial charge in [0.1, 0.15) is 6.07 Å². The molecule has 0 aliphatic heterocycles. The van der Waals surface area contributed by atoms with Crippen LogP contribution in [0.1, 0.15) is 29.9 Å². The molecule has 0 saturated heterocycles. The van der Waals surface area contributed by atoms with Crippen LogP contribution in [0.3, 0.4) is 0 Å². The highest BCUT2D eigenvalue weighted by Gasteiger charge is 2.13. The van der Waals surface area contributed by atoms with Crippen LogP contribution in [0.25, 0.3) is 22.2 Å². The minimum Gasteiger partial charge on any atom is -0.478 e. The molecule has 0 aliphatic rings. The topological polar surface area (TPSA) is 91.8 Å². The Morgan fingerprint density at radius 2 is 2.12 bits per heavy atom. The Bertz CT molecular complexity index is 967. The van der Waals surface area contributed by atoms with E-state index in [-0.39, 0.29) is 5.56 Å². The first-order chi connectivity index (χ1) is 11.5. The van der Waals surface area contributed by atoms with Crippen molar-refractivity contribution in [3.8, 4) is 17.3 Å². The summed E-state index contributed by atoms with van der Waals surface area (Å²) in [6.45, 7) is 4.91. The molecule has 6 nitrogen and oxygen atoms in total. The molecule has 3 rings (SSSR count). The van der Waals surface area contributed by atoms with Crippen molar-refractivity contribution in [1.29, 1.82) is 5.26 Å². The van der Waals surface area contributed by atoms with Gasteiger partial charge in [-0.2, -0.15) is 10.4 Å². The van der Waals surface area contributed by atoms with E-state index in [0.717, 1.165) is 23.0 Å². The van der Waals surface area contributed by atoms with Gasteiger partial charge < -0.3 is 5.11 Å². The van der Waals surface area contributed by atoms with Gasteiger partial charge in [0, 0.05) is 23.7 Å². The number of rotatable bonds is 4. The van der Waals surface area contributed by atoms with Gasteiger partial charge in [-0.1, -0.05) is 19.9 Å². The maximum atomic E-state index is 11.1. The quantitative estimate of drug-likeness (QED) is 0.796. The van der Waals surface area contributed by atoms with Crippen LogP contribution in [-0.4, -0.2) is 25.8 Å². The van der Waals surface area contributed by atoms with E-state index in [1.54, 1.807) is 0 Å². The number of aromatic nitrogens is 3. The minimum absolute atomic E-state index is 0.177. The molecule has 0 amide bonds. The Labute approximate surface area is 139 Å². The zero-order valence-electron chi connectivity index (χ0n) is 13.4. The van der Waals surface area contributed by atoms with Gasteiger partial charge in [-0.25, -0.2) is 4.79 Å². The van der Waals surface area contributed by atoms with Crippen molar-refractivity contribution in [1.82, 2.24) is 14.8 Å². The molecular weight excluding hydrogens is 304 g/mol. The SMILES string of the molecule is CC(C)Cn1nc(C#N)c2cc(-c3cc(C(=O)O)ccn3)ccc21. The predicted octanol–water partition coefficient (Wildman–Crippen LogP) is 3.32. The molecule has 0 unspecified atom stereocenters. The molecule has 0 saturated carbocycles. The van der Waals surface area contributed by atoms with E-state index >= 15 is 0 Å². The van der Waals surface area contributed by atoms with Crippen molar-refractivity contribution < 1.29 is 9.90 Å². The molecule has 0 spiro atoms. The number of carbonyl (C=O) groups is 1. The highest BCUT2D eigenvalue weighted by molar-refractivity contribution is 5.91. The normalized spacial score (nSPS) is 10.9. The van der Waals surface area contributed by atoms with Gasteiger partial charge in [0.2, 0.25) is 0 Å². The third-order valence-corrected chi connectivity index (χ3v) is 3.70. The minimum atomic E-state index is -0.998. The van der Waals surface area contributed by atoms with Crippen molar-refractivity contribution in [2.45, 2.75) is 20.4 Å². The summed E-state index contributed by atoms with van der Waals surface area (Å²) < 4.78 is 1.84. The van der Waals surface area contributed by atoms with Gasteiger partial charge in [-0.15, -0.1) is 0 Å². The van der Waals surface area contributed by atoms with Crippen molar-refractivity contribution in [2.24, 2.45) is 5.92 Å². The molecule has 1 N–H and O–H groups in total. The van der Waals surface area contributed by atoms with Gasteiger partial charge in [0.25, 0.3) is 0 Å². The van der Waals surface area contributed by atoms with E-state index in [9.17, 15) is 10.1 Å². The van der Waals surface area contributed by atoms with Gasteiger partial charge in [-0.3, -0.25) is 9.67 Å². The molecule has 6 heteroatoms. The van der Waals surface area contributed by atoms with Crippen molar-refractivity contribution in [3.63, 3.8) is 0 Å². The highest BCUT2D eigenvalue weighted by Crippen LogP contribution is 2.26. The number of carboxylic acids is 1. The fraction of sp³-hybridized carbons (Fsp3) is 0.222. The number of hydrogen-bond donors (Lipinski definition) is 1. The van der Waals surface area contributed by atoms with Gasteiger partial charge in [0.05, 0.1) is 16.8 Å². The first kappa shape index (κ1) is 15.7. The lowest BCUT2D eigenvalue weighted by Crippen LogP contribution is -2.05. The summed E-state index contributed by atoms with van der Waals surface area (Å²) >= 11 is 0. The van der Waals surface area contributed by atoms with Crippen LogP contribution in [0, 0.1) is 17.2 Å². The number of nitriles is 1. The maximum Gasteiger partial charge on any atom is 0.335 e. The predicted molar refractivity (Wildman–Crippen MR) is 89.5 cm³/mol. The average Bonchev–Trinajstić information content (AvgIpc) is 2.91. The second kappa shape index (κ2) is 6.13. The van der Waals surface area contributed by atoms with Gasteiger partial charge >= 0.3 is 5.97 Å². The molecule has 24 heavy (non-hydrogen) atoms. The lowest BCUT2D eigenvalue weighted by molar-refractivity contribution is 0.0697. The summed E-state index contributed by atoms with van der Waals surface area (Å²) in [6, 6.07) is 10.7. The van der Waals surface area contributed by atoms with Crippen LogP contribution in [0.2, 0.25) is 0 Å². The number of fused-ring (bicyclic) bond motifs is 1. The monoisotopic (exact) mass is 320 g/mol. The Morgan fingerprint density at radius 3 is 2.79 bits per heavy atom. The van der Waals surface area contributed by atoms with E-state index < -0.39 is 5.97 Å². The maximum absolute atomic E-state index is 11.1. The Hall–Kier alpha value is -3.20. The highest BCUT2D eigenvalue weighted by atomic mass is 16.4. The molecule has 3 aromatic rings. The van der Waals surface area contributed by atoms with Crippen LogP contribution in [0.5, 0.6) is 0 Å². The lowest BCUT2D eigenvalue weighted by Gasteiger charge is -2.07. The fourth-order valence-electron chi connectivity index (χ4n) is 2.63. The zero-order valence-corrected chi connectivity index (χ0v) is 13.4. The van der Waals surface area contributed by atoms with E-state index in [2.05, 4.69) is 30.0 Å². The first-order valence-corrected chi connectivity index (χ1v) is 7.60. The number of aromatic carboxylic acids is 1. The van der Waals surface area contributed by atoms with Crippen LogP contribution in [0.4, 0.5) is 0 Å². The largest absolute Gasteiger partial charge is 0.478 e. The van der Waals surface area contributed by atoms with Crippen LogP contribution in [0.15, 0.2) is 36.5 Å². The third-order valence-electron chi connectivity index (χ3n) is 3.70. The summed E-state index contributed by atoms with van der Waals surface area (Å²) in [6.07, 6.45) is 1.47. The average molecular weight is 320 g/mol.